The first-order valence-electron chi connectivity index (χ1n) is 3.40. The van der Waals surface area contributed by atoms with E-state index in [2.05, 4.69) is 0 Å². The van der Waals surface area contributed by atoms with E-state index >= 15 is 0 Å². The van der Waals surface area contributed by atoms with E-state index in [1.54, 1.807) is 4.90 Å². The first kappa shape index (κ1) is 10.7. The van der Waals surface area contributed by atoms with Crippen molar-refractivity contribution in [3.63, 3.8) is 0 Å². The standard InChI is InChI=1S/C6H12N2O2.ClH/c7-1-2-8-3-4-10-5-6(8)9;/h1-5,7H2;1H. The third kappa shape index (κ3) is 3.05. The molecule has 0 bridgehead atoms. The second kappa shape index (κ2) is 5.35. The van der Waals surface area contributed by atoms with Crippen LogP contribution in [0.2, 0.25) is 0 Å². The molecular weight excluding hydrogens is 168 g/mol. The summed E-state index contributed by atoms with van der Waals surface area (Å²) in [5.74, 6) is 0.0525. The average molecular weight is 181 g/mol. The van der Waals surface area contributed by atoms with Gasteiger partial charge in [-0.05, 0) is 0 Å². The number of amides is 1. The van der Waals surface area contributed by atoms with Gasteiger partial charge < -0.3 is 15.4 Å². The Morgan fingerprint density at radius 3 is 2.91 bits per heavy atom. The number of nitrogens with two attached hydrogens (primary N) is 1. The summed E-state index contributed by atoms with van der Waals surface area (Å²) in [5, 5.41) is 0. The maximum atomic E-state index is 10.9. The number of carbonyl (C=O) groups excluding carboxylic acids is 1. The predicted octanol–water partition coefficient (Wildman–Crippen LogP) is -0.774. The van der Waals surface area contributed by atoms with Gasteiger partial charge in [0.15, 0.2) is 0 Å². The van der Waals surface area contributed by atoms with Crippen LogP contribution in [0.1, 0.15) is 0 Å². The van der Waals surface area contributed by atoms with Crippen molar-refractivity contribution in [3.8, 4) is 0 Å². The van der Waals surface area contributed by atoms with Crippen molar-refractivity contribution in [1.29, 1.82) is 0 Å². The minimum Gasteiger partial charge on any atom is -0.370 e. The van der Waals surface area contributed by atoms with Gasteiger partial charge in [-0.1, -0.05) is 0 Å². The summed E-state index contributed by atoms with van der Waals surface area (Å²) in [6.07, 6.45) is 0. The predicted molar refractivity (Wildman–Crippen MR) is 43.7 cm³/mol. The molecule has 0 aromatic carbocycles. The minimum absolute atomic E-state index is 0. The number of nitrogens with zero attached hydrogens (tertiary/aromatic N) is 1. The molecular formula is C6H13ClN2O2. The van der Waals surface area contributed by atoms with Gasteiger partial charge in [-0.2, -0.15) is 0 Å². The zero-order valence-electron chi connectivity index (χ0n) is 6.28. The van der Waals surface area contributed by atoms with Crippen LogP contribution in [-0.4, -0.2) is 43.7 Å². The number of hydrogen-bond acceptors (Lipinski definition) is 3. The molecule has 1 aliphatic rings. The van der Waals surface area contributed by atoms with E-state index in [-0.39, 0.29) is 24.9 Å². The van der Waals surface area contributed by atoms with Crippen LogP contribution >= 0.6 is 12.4 Å². The quantitative estimate of drug-likeness (QED) is 0.607. The fraction of sp³-hybridized carbons (Fsp3) is 0.833. The summed E-state index contributed by atoms with van der Waals surface area (Å²) in [6.45, 7) is 2.75. The monoisotopic (exact) mass is 180 g/mol. The summed E-state index contributed by atoms with van der Waals surface area (Å²) >= 11 is 0. The first-order chi connectivity index (χ1) is 4.84. The van der Waals surface area contributed by atoms with Crippen molar-refractivity contribution in [2.45, 2.75) is 0 Å². The number of morpholine rings is 1. The van der Waals surface area contributed by atoms with Crippen molar-refractivity contribution in [2.75, 3.05) is 32.8 Å². The third-order valence-corrected chi connectivity index (χ3v) is 1.48. The van der Waals surface area contributed by atoms with Crippen molar-refractivity contribution < 1.29 is 9.53 Å². The number of ether oxygens (including phenoxy) is 1. The molecule has 0 unspecified atom stereocenters. The Balaban J connectivity index is 0.000001000. The van der Waals surface area contributed by atoms with Crippen LogP contribution in [-0.2, 0) is 9.53 Å². The highest BCUT2D eigenvalue weighted by molar-refractivity contribution is 5.85. The molecule has 0 spiro atoms. The lowest BCUT2D eigenvalue weighted by atomic mass is 10.4. The molecule has 0 radical (unpaired) electrons. The van der Waals surface area contributed by atoms with Gasteiger partial charge in [0.05, 0.1) is 6.61 Å². The highest BCUT2D eigenvalue weighted by Gasteiger charge is 2.16. The van der Waals surface area contributed by atoms with Crippen LogP contribution in [0.5, 0.6) is 0 Å². The highest BCUT2D eigenvalue weighted by atomic mass is 35.5. The summed E-state index contributed by atoms with van der Waals surface area (Å²) in [6, 6.07) is 0. The molecule has 0 saturated carbocycles. The van der Waals surface area contributed by atoms with Crippen molar-refractivity contribution in [1.82, 2.24) is 4.90 Å². The van der Waals surface area contributed by atoms with Crippen LogP contribution in [0.15, 0.2) is 0 Å². The van der Waals surface area contributed by atoms with Gasteiger partial charge in [0.2, 0.25) is 5.91 Å². The van der Waals surface area contributed by atoms with Gasteiger partial charge in [0.25, 0.3) is 0 Å². The van der Waals surface area contributed by atoms with Crippen LogP contribution in [0.25, 0.3) is 0 Å². The second-order valence-electron chi connectivity index (χ2n) is 2.22. The zero-order valence-corrected chi connectivity index (χ0v) is 7.10. The number of halogens is 1. The molecule has 0 atom stereocenters. The molecule has 0 aliphatic carbocycles. The van der Waals surface area contributed by atoms with Crippen LogP contribution in [0.4, 0.5) is 0 Å². The maximum absolute atomic E-state index is 10.9. The van der Waals surface area contributed by atoms with Gasteiger partial charge in [-0.15, -0.1) is 12.4 Å². The Morgan fingerprint density at radius 1 is 1.64 bits per heavy atom. The fourth-order valence-corrected chi connectivity index (χ4v) is 0.943. The molecule has 5 heteroatoms. The number of rotatable bonds is 2. The molecule has 0 aromatic heterocycles. The van der Waals surface area contributed by atoms with Crippen molar-refractivity contribution in [2.24, 2.45) is 5.73 Å². The third-order valence-electron chi connectivity index (χ3n) is 1.48. The molecule has 2 N–H and O–H groups in total. The van der Waals surface area contributed by atoms with Gasteiger partial charge in [-0.25, -0.2) is 0 Å². The Labute approximate surface area is 72.1 Å². The van der Waals surface area contributed by atoms with Gasteiger partial charge in [0.1, 0.15) is 6.61 Å². The minimum atomic E-state index is 0. The van der Waals surface area contributed by atoms with E-state index in [1.165, 1.54) is 0 Å². The van der Waals surface area contributed by atoms with Gasteiger partial charge in [-0.3, -0.25) is 4.79 Å². The molecule has 1 amide bonds. The summed E-state index contributed by atoms with van der Waals surface area (Å²) in [5.41, 5.74) is 5.29. The van der Waals surface area contributed by atoms with Crippen LogP contribution < -0.4 is 5.73 Å². The second-order valence-corrected chi connectivity index (χ2v) is 2.22. The lowest BCUT2D eigenvalue weighted by Crippen LogP contribution is -2.43. The highest BCUT2D eigenvalue weighted by Crippen LogP contribution is 1.96. The van der Waals surface area contributed by atoms with E-state index in [9.17, 15) is 4.79 Å². The van der Waals surface area contributed by atoms with E-state index in [0.29, 0.717) is 26.2 Å². The first-order valence-corrected chi connectivity index (χ1v) is 3.40. The van der Waals surface area contributed by atoms with E-state index in [0.717, 1.165) is 0 Å². The van der Waals surface area contributed by atoms with Crippen LogP contribution in [0, 0.1) is 0 Å². The number of hydrogen-bond donors (Lipinski definition) is 1. The topological polar surface area (TPSA) is 55.6 Å². The zero-order chi connectivity index (χ0) is 7.40. The molecule has 0 aromatic rings. The lowest BCUT2D eigenvalue weighted by molar-refractivity contribution is -0.142. The summed E-state index contributed by atoms with van der Waals surface area (Å²) in [4.78, 5) is 12.7. The Hall–Kier alpha value is -0.320. The molecule has 66 valence electrons. The average Bonchev–Trinajstić information content (AvgIpc) is 1.94. The summed E-state index contributed by atoms with van der Waals surface area (Å²) in [7, 11) is 0. The molecule has 4 nitrogen and oxygen atoms in total. The van der Waals surface area contributed by atoms with Crippen molar-refractivity contribution in [3.05, 3.63) is 0 Å². The van der Waals surface area contributed by atoms with E-state index in [4.69, 9.17) is 10.5 Å². The van der Waals surface area contributed by atoms with Crippen LogP contribution in [0.3, 0.4) is 0 Å². The fourth-order valence-electron chi connectivity index (χ4n) is 0.943. The Morgan fingerprint density at radius 2 is 2.36 bits per heavy atom. The van der Waals surface area contributed by atoms with E-state index < -0.39 is 0 Å². The normalized spacial score (nSPS) is 17.9. The van der Waals surface area contributed by atoms with Crippen molar-refractivity contribution >= 4 is 18.3 Å². The molecule has 11 heavy (non-hydrogen) atoms. The summed E-state index contributed by atoms with van der Waals surface area (Å²) < 4.78 is 4.93. The SMILES string of the molecule is Cl.NCCN1CCOCC1=O. The molecule has 1 fully saturated rings. The van der Waals surface area contributed by atoms with Gasteiger partial charge >= 0.3 is 0 Å². The largest absolute Gasteiger partial charge is 0.370 e. The molecule has 1 rings (SSSR count). The molecule has 1 heterocycles. The Bertz CT molecular complexity index is 130. The number of carbonyl (C=O) groups is 1. The molecule has 1 aliphatic heterocycles. The van der Waals surface area contributed by atoms with E-state index in [1.807, 2.05) is 0 Å². The smallest absolute Gasteiger partial charge is 0.248 e. The van der Waals surface area contributed by atoms with Gasteiger partial charge in [0, 0.05) is 19.6 Å². The molecule has 1 saturated heterocycles. The maximum Gasteiger partial charge on any atom is 0.248 e. The lowest BCUT2D eigenvalue weighted by Gasteiger charge is -2.25. The Kier molecular flexibility index (Phi) is 5.19.